The fraction of sp³-hybridized carbons (Fsp3) is 0.227. The van der Waals surface area contributed by atoms with Gasteiger partial charge in [-0.3, -0.25) is 9.59 Å². The van der Waals surface area contributed by atoms with Crippen molar-refractivity contribution in [1.29, 1.82) is 0 Å². The first kappa shape index (κ1) is 19.4. The average Bonchev–Trinajstić information content (AvgIpc) is 3.12. The lowest BCUT2D eigenvalue weighted by Gasteiger charge is -2.15. The Morgan fingerprint density at radius 1 is 1.04 bits per heavy atom. The van der Waals surface area contributed by atoms with Gasteiger partial charge in [-0.25, -0.2) is 4.68 Å². The normalized spacial score (nSPS) is 10.7. The van der Waals surface area contributed by atoms with Crippen LogP contribution in [0.1, 0.15) is 29.9 Å². The minimum atomic E-state index is -0.210. The molecule has 6 nitrogen and oxygen atoms in total. The van der Waals surface area contributed by atoms with Gasteiger partial charge in [-0.15, -0.1) is 0 Å². The summed E-state index contributed by atoms with van der Waals surface area (Å²) < 4.78 is 1.59. The molecule has 0 aliphatic heterocycles. The smallest absolute Gasteiger partial charge is 0.274 e. The zero-order valence-corrected chi connectivity index (χ0v) is 16.3. The number of anilines is 1. The Kier molecular flexibility index (Phi) is 5.89. The van der Waals surface area contributed by atoms with Crippen molar-refractivity contribution >= 4 is 17.6 Å². The maximum absolute atomic E-state index is 12.9. The van der Waals surface area contributed by atoms with Crippen molar-refractivity contribution < 1.29 is 9.59 Å². The van der Waals surface area contributed by atoms with Crippen molar-refractivity contribution in [1.82, 2.24) is 14.7 Å². The van der Waals surface area contributed by atoms with Crippen LogP contribution in [-0.4, -0.2) is 33.5 Å². The Morgan fingerprint density at radius 3 is 2.25 bits per heavy atom. The highest BCUT2D eigenvalue weighted by Gasteiger charge is 2.20. The number of amides is 2. The minimum absolute atomic E-state index is 0.131. The van der Waals surface area contributed by atoms with E-state index in [0.29, 0.717) is 12.4 Å². The van der Waals surface area contributed by atoms with Crippen molar-refractivity contribution in [2.75, 3.05) is 12.4 Å². The summed E-state index contributed by atoms with van der Waals surface area (Å²) in [6, 6.07) is 20.8. The summed E-state index contributed by atoms with van der Waals surface area (Å²) in [5, 5.41) is 7.33. The highest BCUT2D eigenvalue weighted by Crippen LogP contribution is 2.19. The third kappa shape index (κ3) is 4.46. The molecule has 3 rings (SSSR count). The number of carbonyl (C=O) groups excluding carboxylic acids is 2. The van der Waals surface area contributed by atoms with Crippen LogP contribution in [0.2, 0.25) is 0 Å². The molecule has 0 fully saturated rings. The van der Waals surface area contributed by atoms with Crippen LogP contribution >= 0.6 is 0 Å². The number of para-hydroxylation sites is 1. The van der Waals surface area contributed by atoms with E-state index in [0.717, 1.165) is 11.3 Å². The zero-order chi connectivity index (χ0) is 20.1. The number of hydrogen-bond acceptors (Lipinski definition) is 3. The first-order valence-electron chi connectivity index (χ1n) is 9.21. The summed E-state index contributed by atoms with van der Waals surface area (Å²) in [6.07, 6.45) is 0. The summed E-state index contributed by atoms with van der Waals surface area (Å²) in [6.45, 7) is 4.11. The number of nitrogens with one attached hydrogen (secondary N) is 1. The molecule has 0 radical (unpaired) electrons. The van der Waals surface area contributed by atoms with E-state index in [4.69, 9.17) is 0 Å². The van der Waals surface area contributed by atoms with Crippen molar-refractivity contribution in [2.24, 2.45) is 5.92 Å². The van der Waals surface area contributed by atoms with Crippen LogP contribution in [0.25, 0.3) is 5.69 Å². The summed E-state index contributed by atoms with van der Waals surface area (Å²) in [5.74, 6) is -0.0484. The topological polar surface area (TPSA) is 67.2 Å². The maximum atomic E-state index is 12.9. The van der Waals surface area contributed by atoms with Crippen LogP contribution in [0.5, 0.6) is 0 Å². The summed E-state index contributed by atoms with van der Waals surface area (Å²) in [5.41, 5.74) is 2.09. The van der Waals surface area contributed by atoms with E-state index in [2.05, 4.69) is 10.4 Å². The first-order valence-corrected chi connectivity index (χ1v) is 9.21. The van der Waals surface area contributed by atoms with Crippen LogP contribution in [0.4, 0.5) is 5.82 Å². The largest absolute Gasteiger partial charge is 0.336 e. The highest BCUT2D eigenvalue weighted by molar-refractivity contribution is 5.96. The second kappa shape index (κ2) is 8.52. The maximum Gasteiger partial charge on any atom is 0.274 e. The Labute approximate surface area is 164 Å². The molecule has 1 heterocycles. The summed E-state index contributed by atoms with van der Waals surface area (Å²) in [7, 11) is 1.74. The molecule has 0 saturated heterocycles. The van der Waals surface area contributed by atoms with E-state index in [9.17, 15) is 9.59 Å². The number of benzene rings is 2. The lowest BCUT2D eigenvalue weighted by Crippen LogP contribution is -2.26. The molecule has 0 aliphatic rings. The number of carbonyl (C=O) groups is 2. The van der Waals surface area contributed by atoms with Gasteiger partial charge in [0, 0.05) is 25.6 Å². The second-order valence-electron chi connectivity index (χ2n) is 6.95. The lowest BCUT2D eigenvalue weighted by molar-refractivity contribution is -0.118. The molecule has 0 spiro atoms. The van der Waals surface area contributed by atoms with Gasteiger partial charge in [0.2, 0.25) is 5.91 Å². The molecule has 2 amide bonds. The molecular formula is C22H24N4O2. The highest BCUT2D eigenvalue weighted by atomic mass is 16.2. The molecule has 0 aliphatic carbocycles. The molecule has 2 aromatic carbocycles. The number of hydrogen-bond donors (Lipinski definition) is 1. The Bertz CT molecular complexity index is 949. The van der Waals surface area contributed by atoms with Gasteiger partial charge in [-0.1, -0.05) is 62.4 Å². The van der Waals surface area contributed by atoms with Crippen LogP contribution in [-0.2, 0) is 11.3 Å². The number of nitrogens with zero attached hydrogens (tertiary/aromatic N) is 3. The first-order chi connectivity index (χ1) is 13.5. The van der Waals surface area contributed by atoms with Gasteiger partial charge in [0.15, 0.2) is 5.69 Å². The van der Waals surface area contributed by atoms with Crippen LogP contribution in [0.3, 0.4) is 0 Å². The molecule has 6 heteroatoms. The third-order valence-corrected chi connectivity index (χ3v) is 4.31. The van der Waals surface area contributed by atoms with Crippen molar-refractivity contribution in [3.63, 3.8) is 0 Å². The Morgan fingerprint density at radius 2 is 1.64 bits per heavy atom. The molecule has 0 atom stereocenters. The Balaban J connectivity index is 1.89. The van der Waals surface area contributed by atoms with E-state index >= 15 is 0 Å². The standard InChI is InChI=1S/C22H24N4O2/c1-16(2)21(27)23-20-14-19(24-26(20)18-12-8-5-9-13-18)22(28)25(3)15-17-10-6-4-7-11-17/h4-14,16H,15H2,1-3H3,(H,23,27). The fourth-order valence-electron chi connectivity index (χ4n) is 2.74. The molecular weight excluding hydrogens is 352 g/mol. The van der Waals surface area contributed by atoms with Crippen molar-refractivity contribution in [3.8, 4) is 5.69 Å². The summed E-state index contributed by atoms with van der Waals surface area (Å²) >= 11 is 0. The molecule has 0 saturated carbocycles. The predicted molar refractivity (Wildman–Crippen MR) is 109 cm³/mol. The summed E-state index contributed by atoms with van der Waals surface area (Å²) in [4.78, 5) is 26.7. The third-order valence-electron chi connectivity index (χ3n) is 4.31. The molecule has 28 heavy (non-hydrogen) atoms. The average molecular weight is 376 g/mol. The van der Waals surface area contributed by atoms with Crippen molar-refractivity contribution in [3.05, 3.63) is 78.0 Å². The van der Waals surface area contributed by atoms with Gasteiger partial charge in [-0.2, -0.15) is 5.10 Å². The second-order valence-corrected chi connectivity index (χ2v) is 6.95. The van der Waals surface area contributed by atoms with Crippen LogP contribution in [0.15, 0.2) is 66.7 Å². The SMILES string of the molecule is CC(C)C(=O)Nc1cc(C(=O)N(C)Cc2ccccc2)nn1-c1ccccc1. The van der Waals surface area contributed by atoms with E-state index in [1.165, 1.54) is 0 Å². The lowest BCUT2D eigenvalue weighted by atomic mass is 10.2. The quantitative estimate of drug-likeness (QED) is 0.713. The number of rotatable bonds is 6. The minimum Gasteiger partial charge on any atom is -0.336 e. The Hall–Kier alpha value is -3.41. The zero-order valence-electron chi connectivity index (χ0n) is 16.3. The number of aromatic nitrogens is 2. The molecule has 3 aromatic rings. The van der Waals surface area contributed by atoms with E-state index < -0.39 is 0 Å². The van der Waals surface area contributed by atoms with Gasteiger partial charge in [0.1, 0.15) is 5.82 Å². The van der Waals surface area contributed by atoms with Gasteiger partial charge in [0.05, 0.1) is 5.69 Å². The monoisotopic (exact) mass is 376 g/mol. The van der Waals surface area contributed by atoms with Crippen LogP contribution in [0, 0.1) is 5.92 Å². The van der Waals surface area contributed by atoms with Crippen LogP contribution < -0.4 is 5.32 Å². The van der Waals surface area contributed by atoms with Crippen molar-refractivity contribution in [2.45, 2.75) is 20.4 Å². The molecule has 0 bridgehead atoms. The van der Waals surface area contributed by atoms with Gasteiger partial charge in [-0.05, 0) is 17.7 Å². The van der Waals surface area contributed by atoms with E-state index in [1.807, 2.05) is 74.5 Å². The van der Waals surface area contributed by atoms with E-state index in [-0.39, 0.29) is 23.4 Å². The van der Waals surface area contributed by atoms with E-state index in [1.54, 1.807) is 22.7 Å². The molecule has 1 aromatic heterocycles. The molecule has 144 valence electrons. The van der Waals surface area contributed by atoms with Gasteiger partial charge in [0.25, 0.3) is 5.91 Å². The molecule has 0 unspecified atom stereocenters. The van der Waals surface area contributed by atoms with Gasteiger partial charge < -0.3 is 10.2 Å². The molecule has 1 N–H and O–H groups in total. The predicted octanol–water partition coefficient (Wildman–Crippen LogP) is 3.74. The van der Waals surface area contributed by atoms with Gasteiger partial charge >= 0.3 is 0 Å². The fourth-order valence-corrected chi connectivity index (χ4v) is 2.74.